The van der Waals surface area contributed by atoms with Crippen LogP contribution in [0.5, 0.6) is 0 Å². The number of nitrogens with zero attached hydrogens (tertiary/aromatic N) is 2. The van der Waals surface area contributed by atoms with E-state index < -0.39 is 48.4 Å². The monoisotopic (exact) mass is 439 g/mol. The molecule has 0 bridgehead atoms. The predicted molar refractivity (Wildman–Crippen MR) is 110 cm³/mol. The van der Waals surface area contributed by atoms with Crippen LogP contribution in [-0.4, -0.2) is 75.9 Å². The van der Waals surface area contributed by atoms with Gasteiger partial charge in [0.2, 0.25) is 17.7 Å². The number of carboxylic acids is 1. The van der Waals surface area contributed by atoms with Crippen LogP contribution in [0, 0.1) is 0 Å². The molecule has 3 unspecified atom stereocenters. The van der Waals surface area contributed by atoms with E-state index in [1.807, 2.05) is 0 Å². The summed E-state index contributed by atoms with van der Waals surface area (Å²) in [5, 5.41) is 15.9. The first kappa shape index (κ1) is 25.4. The van der Waals surface area contributed by atoms with Gasteiger partial charge in [-0.25, -0.2) is 4.98 Å². The minimum atomic E-state index is -1.21. The van der Waals surface area contributed by atoms with E-state index in [9.17, 15) is 19.2 Å². The number of hydrogen-bond donors (Lipinski definition) is 8. The van der Waals surface area contributed by atoms with Crippen LogP contribution in [0.2, 0.25) is 0 Å². The van der Waals surface area contributed by atoms with Crippen molar-refractivity contribution in [3.63, 3.8) is 0 Å². The molecular weight excluding hydrogens is 410 g/mol. The third-order valence-corrected chi connectivity index (χ3v) is 4.09. The van der Waals surface area contributed by atoms with E-state index in [0.717, 1.165) is 0 Å². The number of aromatic amines is 1. The number of aliphatic carboxylic acids is 1. The molecule has 0 fully saturated rings. The molecule has 172 valence electrons. The molecule has 14 nitrogen and oxygen atoms in total. The minimum Gasteiger partial charge on any atom is -0.480 e. The Hall–Kier alpha value is -3.68. The van der Waals surface area contributed by atoms with Gasteiger partial charge in [-0.05, 0) is 19.8 Å². The zero-order valence-electron chi connectivity index (χ0n) is 17.1. The number of hydrogen-bond acceptors (Lipinski definition) is 7. The van der Waals surface area contributed by atoms with Crippen molar-refractivity contribution in [1.29, 1.82) is 0 Å². The Morgan fingerprint density at radius 1 is 1.23 bits per heavy atom. The third-order valence-electron chi connectivity index (χ3n) is 4.09. The second-order valence-corrected chi connectivity index (χ2v) is 6.74. The van der Waals surface area contributed by atoms with E-state index in [0.29, 0.717) is 18.7 Å². The highest BCUT2D eigenvalue weighted by molar-refractivity contribution is 5.92. The van der Waals surface area contributed by atoms with Crippen molar-refractivity contribution >= 4 is 29.7 Å². The molecule has 0 saturated heterocycles. The van der Waals surface area contributed by atoms with Gasteiger partial charge in [0.15, 0.2) is 5.96 Å². The van der Waals surface area contributed by atoms with Crippen LogP contribution in [-0.2, 0) is 25.6 Å². The Bertz CT molecular complexity index is 777. The standard InChI is InChI=1S/C17H29N9O5/c1-9(16(30)31)25-13(27)7-23-15(29)12(5-10-6-21-8-24-10)26-14(28)11(18)3-2-4-22-17(19)20/h6,8-9,11-12H,2-5,7,18H2,1H3,(H,21,24)(H,23,29)(H,25,27)(H,26,28)(H,30,31)(H4,19,20,22). The average molecular weight is 439 g/mol. The van der Waals surface area contributed by atoms with Gasteiger partial charge in [-0.2, -0.15) is 0 Å². The molecule has 11 N–H and O–H groups in total. The molecule has 0 aliphatic rings. The SMILES string of the molecule is CC(NC(=O)CNC(=O)C(Cc1cnc[nH]1)NC(=O)C(N)CCCN=C(N)N)C(=O)O. The summed E-state index contributed by atoms with van der Waals surface area (Å²) in [5.41, 5.74) is 16.9. The van der Waals surface area contributed by atoms with Crippen LogP contribution < -0.4 is 33.2 Å². The molecule has 0 spiro atoms. The average Bonchev–Trinajstić information content (AvgIpc) is 3.21. The zero-order valence-corrected chi connectivity index (χ0v) is 17.1. The van der Waals surface area contributed by atoms with Crippen LogP contribution in [0.1, 0.15) is 25.5 Å². The number of carboxylic acid groups (broad SMARTS) is 1. The summed E-state index contributed by atoms with van der Waals surface area (Å²) in [5.74, 6) is -3.16. The van der Waals surface area contributed by atoms with E-state index in [4.69, 9.17) is 22.3 Å². The van der Waals surface area contributed by atoms with E-state index in [1.54, 1.807) is 0 Å². The molecule has 0 radical (unpaired) electrons. The van der Waals surface area contributed by atoms with Crippen molar-refractivity contribution in [2.45, 2.75) is 44.3 Å². The molecule has 1 heterocycles. The number of imidazole rings is 1. The van der Waals surface area contributed by atoms with Crippen LogP contribution in [0.25, 0.3) is 0 Å². The molecule has 31 heavy (non-hydrogen) atoms. The number of rotatable bonds is 13. The first-order valence-electron chi connectivity index (χ1n) is 9.48. The second kappa shape index (κ2) is 12.8. The highest BCUT2D eigenvalue weighted by Crippen LogP contribution is 2.02. The summed E-state index contributed by atoms with van der Waals surface area (Å²) in [6, 6.07) is -3.05. The van der Waals surface area contributed by atoms with E-state index in [1.165, 1.54) is 19.4 Å². The van der Waals surface area contributed by atoms with Crippen LogP contribution in [0.15, 0.2) is 17.5 Å². The largest absolute Gasteiger partial charge is 0.480 e. The molecular formula is C17H29N9O5. The van der Waals surface area contributed by atoms with E-state index >= 15 is 0 Å². The fourth-order valence-corrected chi connectivity index (χ4v) is 2.40. The predicted octanol–water partition coefficient (Wildman–Crippen LogP) is -3.48. The molecule has 0 aliphatic carbocycles. The molecule has 1 aromatic rings. The van der Waals surface area contributed by atoms with Crippen LogP contribution in [0.3, 0.4) is 0 Å². The highest BCUT2D eigenvalue weighted by Gasteiger charge is 2.25. The number of amides is 3. The zero-order chi connectivity index (χ0) is 23.4. The number of carbonyl (C=O) groups is 4. The van der Waals surface area contributed by atoms with Gasteiger partial charge in [0.25, 0.3) is 0 Å². The first-order chi connectivity index (χ1) is 14.6. The smallest absolute Gasteiger partial charge is 0.325 e. The minimum absolute atomic E-state index is 0.0592. The van der Waals surface area contributed by atoms with Gasteiger partial charge >= 0.3 is 5.97 Å². The molecule has 14 heteroatoms. The Morgan fingerprint density at radius 3 is 2.52 bits per heavy atom. The molecule has 1 aromatic heterocycles. The van der Waals surface area contributed by atoms with Crippen LogP contribution in [0.4, 0.5) is 0 Å². The lowest BCUT2D eigenvalue weighted by Gasteiger charge is -2.20. The maximum absolute atomic E-state index is 12.5. The Balaban J connectivity index is 2.65. The maximum Gasteiger partial charge on any atom is 0.325 e. The summed E-state index contributed by atoms with van der Waals surface area (Å²) in [6.07, 6.45) is 3.73. The van der Waals surface area contributed by atoms with Crippen molar-refractivity contribution < 1.29 is 24.3 Å². The summed E-state index contributed by atoms with van der Waals surface area (Å²) in [7, 11) is 0. The molecule has 3 amide bonds. The summed E-state index contributed by atoms with van der Waals surface area (Å²) < 4.78 is 0. The number of carbonyl (C=O) groups excluding carboxylic acids is 3. The first-order valence-corrected chi connectivity index (χ1v) is 9.48. The number of nitrogens with two attached hydrogens (primary N) is 3. The molecule has 3 atom stereocenters. The van der Waals surface area contributed by atoms with Gasteiger partial charge in [-0.3, -0.25) is 24.2 Å². The Labute approximate surface area is 178 Å². The Morgan fingerprint density at radius 2 is 1.94 bits per heavy atom. The van der Waals surface area contributed by atoms with Crippen molar-refractivity contribution in [1.82, 2.24) is 25.9 Å². The number of nitrogens with one attached hydrogen (secondary N) is 4. The fraction of sp³-hybridized carbons (Fsp3) is 0.529. The Kier molecular flexibility index (Phi) is 10.5. The number of guanidine groups is 1. The lowest BCUT2D eigenvalue weighted by Crippen LogP contribution is -2.54. The van der Waals surface area contributed by atoms with Gasteiger partial charge in [-0.15, -0.1) is 0 Å². The number of aliphatic imine (C=N–C) groups is 1. The van der Waals surface area contributed by atoms with Gasteiger partial charge < -0.3 is 43.2 Å². The van der Waals surface area contributed by atoms with Crippen molar-refractivity contribution in [3.8, 4) is 0 Å². The number of H-pyrrole nitrogens is 1. The highest BCUT2D eigenvalue weighted by atomic mass is 16.4. The lowest BCUT2D eigenvalue weighted by molar-refractivity contribution is -0.141. The van der Waals surface area contributed by atoms with E-state index in [2.05, 4.69) is 30.9 Å². The topological polar surface area (TPSA) is 244 Å². The quantitative estimate of drug-likeness (QED) is 0.0862. The summed E-state index contributed by atoms with van der Waals surface area (Å²) in [4.78, 5) is 58.0. The molecule has 1 rings (SSSR count). The third kappa shape index (κ3) is 10.1. The van der Waals surface area contributed by atoms with Crippen molar-refractivity contribution in [2.24, 2.45) is 22.2 Å². The molecule has 0 aromatic carbocycles. The van der Waals surface area contributed by atoms with Gasteiger partial charge in [0.05, 0.1) is 18.9 Å². The van der Waals surface area contributed by atoms with Gasteiger partial charge in [-0.1, -0.05) is 0 Å². The lowest BCUT2D eigenvalue weighted by atomic mass is 10.1. The molecule has 0 saturated carbocycles. The summed E-state index contributed by atoms with van der Waals surface area (Å²) in [6.45, 7) is 1.14. The van der Waals surface area contributed by atoms with Crippen molar-refractivity contribution in [2.75, 3.05) is 13.1 Å². The van der Waals surface area contributed by atoms with Gasteiger partial charge in [0.1, 0.15) is 12.1 Å². The van der Waals surface area contributed by atoms with Crippen molar-refractivity contribution in [3.05, 3.63) is 18.2 Å². The van der Waals surface area contributed by atoms with E-state index in [-0.39, 0.29) is 18.8 Å². The second-order valence-electron chi connectivity index (χ2n) is 6.74. The fourth-order valence-electron chi connectivity index (χ4n) is 2.40. The maximum atomic E-state index is 12.5. The normalized spacial score (nSPS) is 13.4. The van der Waals surface area contributed by atoms with Crippen LogP contribution >= 0.6 is 0 Å². The van der Waals surface area contributed by atoms with Gasteiger partial charge in [0, 0.05) is 24.9 Å². The number of aromatic nitrogens is 2. The molecule has 0 aliphatic heterocycles. The summed E-state index contributed by atoms with van der Waals surface area (Å²) >= 11 is 0.